The Kier molecular flexibility index (Phi) is 6.58. The van der Waals surface area contributed by atoms with Crippen molar-refractivity contribution in [3.8, 4) is 0 Å². The average molecular weight is 343 g/mol. The van der Waals surface area contributed by atoms with E-state index in [2.05, 4.69) is 10.6 Å². The normalized spacial score (nSPS) is 11.9. The molecule has 0 saturated carbocycles. The molecule has 2 aromatic rings. The highest BCUT2D eigenvalue weighted by Crippen LogP contribution is 2.10. The van der Waals surface area contributed by atoms with Gasteiger partial charge in [-0.15, -0.1) is 0 Å². The van der Waals surface area contributed by atoms with Crippen molar-refractivity contribution >= 4 is 29.5 Å². The van der Waals surface area contributed by atoms with E-state index in [1.54, 1.807) is 25.1 Å². The third kappa shape index (κ3) is 5.89. The lowest BCUT2D eigenvalue weighted by Gasteiger charge is -2.13. The van der Waals surface area contributed by atoms with Crippen molar-refractivity contribution in [2.24, 2.45) is 0 Å². The van der Waals surface area contributed by atoms with E-state index in [0.717, 1.165) is 11.1 Å². The second kappa shape index (κ2) is 8.89. The van der Waals surface area contributed by atoms with Gasteiger partial charge in [0, 0.05) is 17.6 Å². The van der Waals surface area contributed by atoms with E-state index in [1.165, 1.54) is 6.08 Å². The van der Waals surface area contributed by atoms with Crippen LogP contribution in [0.25, 0.3) is 6.08 Å². The first-order valence-electron chi connectivity index (χ1n) is 7.60. The van der Waals surface area contributed by atoms with Crippen LogP contribution in [0.1, 0.15) is 18.1 Å². The lowest BCUT2D eigenvalue weighted by atomic mass is 10.2. The number of hydrogen-bond acceptors (Lipinski definition) is 2. The monoisotopic (exact) mass is 342 g/mol. The second-order valence-electron chi connectivity index (χ2n) is 5.32. The van der Waals surface area contributed by atoms with Crippen molar-refractivity contribution in [3.05, 3.63) is 76.8 Å². The van der Waals surface area contributed by atoms with Gasteiger partial charge in [-0.2, -0.15) is 0 Å². The van der Waals surface area contributed by atoms with Crippen LogP contribution in [0.2, 0.25) is 5.02 Å². The summed E-state index contributed by atoms with van der Waals surface area (Å²) in [6.45, 7) is 2.00. The molecule has 0 heterocycles. The fourth-order valence-corrected chi connectivity index (χ4v) is 2.27. The standard InChI is InChI=1S/C19H19ClN2O2/c1-14(19(24)21-13-16-8-5-9-17(20)12-16)22-18(23)11-10-15-6-3-2-4-7-15/h2-12,14H,13H2,1H3,(H,21,24)(H,22,23). The number of rotatable bonds is 6. The van der Waals surface area contributed by atoms with Gasteiger partial charge >= 0.3 is 0 Å². The Bertz CT molecular complexity index is 729. The van der Waals surface area contributed by atoms with Crippen LogP contribution in [-0.4, -0.2) is 17.9 Å². The highest BCUT2D eigenvalue weighted by Gasteiger charge is 2.13. The van der Waals surface area contributed by atoms with Gasteiger partial charge in [0.25, 0.3) is 0 Å². The molecule has 2 aromatic carbocycles. The molecular formula is C19H19ClN2O2. The fourth-order valence-electron chi connectivity index (χ4n) is 2.05. The molecule has 0 radical (unpaired) electrons. The topological polar surface area (TPSA) is 58.2 Å². The molecule has 1 atom stereocenters. The average Bonchev–Trinajstić information content (AvgIpc) is 2.59. The minimum atomic E-state index is -0.628. The van der Waals surface area contributed by atoms with Gasteiger partial charge in [-0.05, 0) is 36.3 Å². The number of carbonyl (C=O) groups is 2. The summed E-state index contributed by atoms with van der Waals surface area (Å²) in [4.78, 5) is 23.9. The molecule has 5 heteroatoms. The van der Waals surface area contributed by atoms with E-state index in [1.807, 2.05) is 42.5 Å². The molecule has 0 fully saturated rings. The first kappa shape index (κ1) is 17.8. The van der Waals surface area contributed by atoms with Crippen LogP contribution < -0.4 is 10.6 Å². The summed E-state index contributed by atoms with van der Waals surface area (Å²) in [7, 11) is 0. The molecule has 2 amide bonds. The Labute approximate surface area is 146 Å². The van der Waals surface area contributed by atoms with E-state index in [-0.39, 0.29) is 11.8 Å². The summed E-state index contributed by atoms with van der Waals surface area (Å²) in [5.41, 5.74) is 1.82. The minimum Gasteiger partial charge on any atom is -0.350 e. The maximum absolute atomic E-state index is 12.0. The number of benzene rings is 2. The van der Waals surface area contributed by atoms with E-state index >= 15 is 0 Å². The summed E-state index contributed by atoms with van der Waals surface area (Å²) in [6, 6.07) is 16.1. The van der Waals surface area contributed by atoms with E-state index in [4.69, 9.17) is 11.6 Å². The van der Waals surface area contributed by atoms with Crippen LogP contribution in [0.5, 0.6) is 0 Å². The van der Waals surface area contributed by atoms with Crippen LogP contribution in [0.4, 0.5) is 0 Å². The molecule has 0 aromatic heterocycles. The van der Waals surface area contributed by atoms with E-state index < -0.39 is 6.04 Å². The number of nitrogens with one attached hydrogen (secondary N) is 2. The number of amides is 2. The molecule has 0 saturated heterocycles. The van der Waals surface area contributed by atoms with Crippen molar-refractivity contribution in [1.82, 2.24) is 10.6 Å². The first-order valence-corrected chi connectivity index (χ1v) is 7.98. The van der Waals surface area contributed by atoms with Crippen LogP contribution in [0, 0.1) is 0 Å². The van der Waals surface area contributed by atoms with Gasteiger partial charge in [-0.25, -0.2) is 0 Å². The van der Waals surface area contributed by atoms with Gasteiger partial charge in [-0.3, -0.25) is 9.59 Å². The summed E-state index contributed by atoms with van der Waals surface area (Å²) in [5, 5.41) is 6.02. The lowest BCUT2D eigenvalue weighted by molar-refractivity contribution is -0.126. The van der Waals surface area contributed by atoms with Crippen LogP contribution in [0.15, 0.2) is 60.7 Å². The predicted molar refractivity (Wildman–Crippen MR) is 96.4 cm³/mol. The predicted octanol–water partition coefficient (Wildman–Crippen LogP) is 3.17. The number of hydrogen-bond donors (Lipinski definition) is 2. The molecule has 0 aliphatic rings. The Balaban J connectivity index is 1.80. The van der Waals surface area contributed by atoms with Gasteiger partial charge in [0.2, 0.25) is 11.8 Å². The second-order valence-corrected chi connectivity index (χ2v) is 5.76. The minimum absolute atomic E-state index is 0.253. The zero-order valence-electron chi connectivity index (χ0n) is 13.3. The zero-order valence-corrected chi connectivity index (χ0v) is 14.1. The van der Waals surface area contributed by atoms with Crippen LogP contribution >= 0.6 is 11.6 Å². The maximum atomic E-state index is 12.0. The molecule has 0 bridgehead atoms. The van der Waals surface area contributed by atoms with Crippen molar-refractivity contribution < 1.29 is 9.59 Å². The van der Waals surface area contributed by atoms with Gasteiger partial charge in [0.1, 0.15) is 6.04 Å². The molecular weight excluding hydrogens is 324 g/mol. The third-order valence-corrected chi connectivity index (χ3v) is 3.57. The summed E-state index contributed by atoms with van der Waals surface area (Å²) >= 11 is 5.90. The van der Waals surface area contributed by atoms with Gasteiger partial charge in [-0.1, -0.05) is 54.1 Å². The molecule has 0 spiro atoms. The molecule has 4 nitrogen and oxygen atoms in total. The quantitative estimate of drug-likeness (QED) is 0.792. The Hall–Kier alpha value is -2.59. The van der Waals surface area contributed by atoms with Gasteiger partial charge < -0.3 is 10.6 Å². The molecule has 124 valence electrons. The smallest absolute Gasteiger partial charge is 0.244 e. The molecule has 2 rings (SSSR count). The SMILES string of the molecule is CC(NC(=O)C=Cc1ccccc1)C(=O)NCc1cccc(Cl)c1. The number of carbonyl (C=O) groups excluding carboxylic acids is 2. The van der Waals surface area contributed by atoms with Crippen LogP contribution in [-0.2, 0) is 16.1 Å². The highest BCUT2D eigenvalue weighted by atomic mass is 35.5. The van der Waals surface area contributed by atoms with Crippen molar-refractivity contribution in [3.63, 3.8) is 0 Å². The van der Waals surface area contributed by atoms with Crippen LogP contribution in [0.3, 0.4) is 0 Å². The van der Waals surface area contributed by atoms with Crippen molar-refractivity contribution in [2.45, 2.75) is 19.5 Å². The fraction of sp³-hybridized carbons (Fsp3) is 0.158. The Morgan fingerprint density at radius 1 is 1.12 bits per heavy atom. The van der Waals surface area contributed by atoms with Crippen molar-refractivity contribution in [2.75, 3.05) is 0 Å². The van der Waals surface area contributed by atoms with Crippen molar-refractivity contribution in [1.29, 1.82) is 0 Å². The van der Waals surface area contributed by atoms with Gasteiger partial charge in [0.15, 0.2) is 0 Å². The summed E-state index contributed by atoms with van der Waals surface area (Å²) < 4.78 is 0. The molecule has 2 N–H and O–H groups in total. The van der Waals surface area contributed by atoms with Gasteiger partial charge in [0.05, 0.1) is 0 Å². The molecule has 24 heavy (non-hydrogen) atoms. The Morgan fingerprint density at radius 3 is 2.58 bits per heavy atom. The number of halogens is 1. The lowest BCUT2D eigenvalue weighted by Crippen LogP contribution is -2.44. The molecule has 0 aliphatic heterocycles. The molecule has 0 aliphatic carbocycles. The highest BCUT2D eigenvalue weighted by molar-refractivity contribution is 6.30. The Morgan fingerprint density at radius 2 is 1.88 bits per heavy atom. The third-order valence-electron chi connectivity index (χ3n) is 3.33. The zero-order chi connectivity index (χ0) is 17.4. The first-order chi connectivity index (χ1) is 11.5. The van der Waals surface area contributed by atoms with E-state index in [0.29, 0.717) is 11.6 Å². The molecule has 1 unspecified atom stereocenters. The maximum Gasteiger partial charge on any atom is 0.244 e. The summed E-state index contributed by atoms with van der Waals surface area (Å²) in [5.74, 6) is -0.569. The summed E-state index contributed by atoms with van der Waals surface area (Å²) in [6.07, 6.45) is 3.11. The van der Waals surface area contributed by atoms with E-state index in [9.17, 15) is 9.59 Å². The largest absolute Gasteiger partial charge is 0.350 e.